The van der Waals surface area contributed by atoms with Gasteiger partial charge >= 0.3 is 0 Å². The highest BCUT2D eigenvalue weighted by Crippen LogP contribution is 2.29. The van der Waals surface area contributed by atoms with Gasteiger partial charge < -0.3 is 9.84 Å². The Morgan fingerprint density at radius 1 is 1.54 bits per heavy atom. The number of unbranched alkanes of at least 4 members (excludes halogenated alkanes) is 3. The summed E-state index contributed by atoms with van der Waals surface area (Å²) in [5.41, 5.74) is -0.363. The maximum Gasteiger partial charge on any atom is 0.145 e. The summed E-state index contributed by atoms with van der Waals surface area (Å²) in [6, 6.07) is 0. The van der Waals surface area contributed by atoms with Crippen molar-refractivity contribution >= 4 is 0 Å². The van der Waals surface area contributed by atoms with Gasteiger partial charge in [-0.05, 0) is 13.3 Å². The van der Waals surface area contributed by atoms with E-state index in [4.69, 9.17) is 4.74 Å². The number of hydrogen-bond acceptors (Lipinski definition) is 2. The molecule has 2 heteroatoms. The zero-order valence-electron chi connectivity index (χ0n) is 8.47. The molecule has 13 heavy (non-hydrogen) atoms. The van der Waals surface area contributed by atoms with Crippen molar-refractivity contribution in [3.63, 3.8) is 0 Å². The number of rotatable bonds is 4. The Labute approximate surface area is 80.3 Å². The van der Waals surface area contributed by atoms with E-state index in [1.807, 2.05) is 6.92 Å². The van der Waals surface area contributed by atoms with E-state index in [2.05, 4.69) is 18.8 Å². The molecule has 0 saturated carbocycles. The maximum atomic E-state index is 9.51. The lowest BCUT2D eigenvalue weighted by Gasteiger charge is -2.05. The van der Waals surface area contributed by atoms with Crippen molar-refractivity contribution in [1.29, 1.82) is 0 Å². The summed E-state index contributed by atoms with van der Waals surface area (Å²) >= 11 is 0. The van der Waals surface area contributed by atoms with Crippen LogP contribution in [0.15, 0.2) is 0 Å². The summed E-state index contributed by atoms with van der Waals surface area (Å²) < 4.78 is 5.08. The lowest BCUT2D eigenvalue weighted by atomic mass is 10.1. The lowest BCUT2D eigenvalue weighted by molar-refractivity contribution is 0.131. The van der Waals surface area contributed by atoms with Crippen LogP contribution in [0.3, 0.4) is 0 Å². The molecule has 1 aliphatic heterocycles. The first kappa shape index (κ1) is 10.6. The Hall–Kier alpha value is -0.520. The second-order valence-electron chi connectivity index (χ2n) is 3.78. The van der Waals surface area contributed by atoms with Crippen LogP contribution in [-0.4, -0.2) is 23.4 Å². The van der Waals surface area contributed by atoms with Gasteiger partial charge in [0.1, 0.15) is 11.7 Å². The Bertz CT molecular complexity index is 208. The molecule has 0 spiro atoms. The van der Waals surface area contributed by atoms with Crippen molar-refractivity contribution in [3.05, 3.63) is 0 Å². The van der Waals surface area contributed by atoms with Crippen molar-refractivity contribution < 1.29 is 9.84 Å². The first-order valence-corrected chi connectivity index (χ1v) is 4.99. The highest BCUT2D eigenvalue weighted by atomic mass is 16.6. The van der Waals surface area contributed by atoms with Crippen molar-refractivity contribution in [3.8, 4) is 11.8 Å². The summed E-state index contributed by atoms with van der Waals surface area (Å²) in [5.74, 6) is 5.81. The van der Waals surface area contributed by atoms with Gasteiger partial charge in [0, 0.05) is 6.42 Å². The van der Waals surface area contributed by atoms with E-state index in [1.54, 1.807) is 0 Å². The van der Waals surface area contributed by atoms with Crippen LogP contribution < -0.4 is 0 Å². The summed E-state index contributed by atoms with van der Waals surface area (Å²) in [5, 5.41) is 9.51. The van der Waals surface area contributed by atoms with Crippen molar-refractivity contribution in [2.75, 3.05) is 6.61 Å². The molecule has 2 atom stereocenters. The van der Waals surface area contributed by atoms with Gasteiger partial charge in [-0.2, -0.15) is 0 Å². The average Bonchev–Trinajstić information content (AvgIpc) is 2.84. The predicted octanol–water partition coefficient (Wildman–Crippen LogP) is 1.72. The minimum absolute atomic E-state index is 0.363. The van der Waals surface area contributed by atoms with Gasteiger partial charge in [0.25, 0.3) is 0 Å². The Kier molecular flexibility index (Phi) is 3.77. The molecule has 1 rings (SSSR count). The lowest BCUT2D eigenvalue weighted by Crippen LogP contribution is -2.24. The molecule has 1 heterocycles. The summed E-state index contributed by atoms with van der Waals surface area (Å²) in [6.07, 6.45) is 3.85. The van der Waals surface area contributed by atoms with E-state index < -0.39 is 6.10 Å². The van der Waals surface area contributed by atoms with E-state index in [1.165, 1.54) is 12.8 Å². The standard InChI is InChI=1S/C11H18O2/c1-3-4-5-6-7-8-10(12)11(2)9-13-11/h10,12H,3-6,9H2,1-2H3/t10-,11-/m0/s1. The maximum absolute atomic E-state index is 9.51. The van der Waals surface area contributed by atoms with Gasteiger partial charge in [0.15, 0.2) is 0 Å². The van der Waals surface area contributed by atoms with Crippen LogP contribution in [0, 0.1) is 11.8 Å². The summed E-state index contributed by atoms with van der Waals surface area (Å²) in [7, 11) is 0. The molecular weight excluding hydrogens is 164 g/mol. The molecule has 1 fully saturated rings. The Morgan fingerprint density at radius 2 is 2.23 bits per heavy atom. The minimum atomic E-state index is -0.603. The minimum Gasteiger partial charge on any atom is -0.377 e. The molecule has 0 aromatic heterocycles. The van der Waals surface area contributed by atoms with E-state index in [-0.39, 0.29) is 5.60 Å². The van der Waals surface area contributed by atoms with Gasteiger partial charge in [0.05, 0.1) is 6.61 Å². The van der Waals surface area contributed by atoms with Crippen LogP contribution in [0.1, 0.15) is 39.5 Å². The fourth-order valence-electron chi connectivity index (χ4n) is 1.06. The van der Waals surface area contributed by atoms with Gasteiger partial charge in [-0.1, -0.05) is 25.7 Å². The third-order valence-electron chi connectivity index (χ3n) is 2.32. The third kappa shape index (κ3) is 3.38. The molecule has 0 amide bonds. The topological polar surface area (TPSA) is 32.8 Å². The van der Waals surface area contributed by atoms with E-state index >= 15 is 0 Å². The number of ether oxygens (including phenoxy) is 1. The normalized spacial score (nSPS) is 27.6. The Balaban J connectivity index is 2.15. The quantitative estimate of drug-likeness (QED) is 0.408. The predicted molar refractivity (Wildman–Crippen MR) is 52.3 cm³/mol. The Morgan fingerprint density at radius 3 is 2.77 bits per heavy atom. The molecule has 1 saturated heterocycles. The molecule has 1 N–H and O–H groups in total. The van der Waals surface area contributed by atoms with Gasteiger partial charge in [0.2, 0.25) is 0 Å². The smallest absolute Gasteiger partial charge is 0.145 e. The molecule has 0 bridgehead atoms. The molecule has 0 radical (unpaired) electrons. The monoisotopic (exact) mass is 182 g/mol. The van der Waals surface area contributed by atoms with Crippen LogP contribution >= 0.6 is 0 Å². The van der Waals surface area contributed by atoms with E-state index in [0.717, 1.165) is 12.8 Å². The summed E-state index contributed by atoms with van der Waals surface area (Å²) in [6.45, 7) is 4.69. The van der Waals surface area contributed by atoms with E-state index in [9.17, 15) is 5.11 Å². The van der Waals surface area contributed by atoms with Crippen LogP contribution in [0.5, 0.6) is 0 Å². The second-order valence-corrected chi connectivity index (χ2v) is 3.78. The molecule has 2 nitrogen and oxygen atoms in total. The highest BCUT2D eigenvalue weighted by molar-refractivity contribution is 5.14. The average molecular weight is 182 g/mol. The second kappa shape index (κ2) is 4.64. The zero-order chi connectivity index (χ0) is 9.73. The van der Waals surface area contributed by atoms with Gasteiger partial charge in [-0.3, -0.25) is 0 Å². The number of hydrogen-bond donors (Lipinski definition) is 1. The van der Waals surface area contributed by atoms with Crippen molar-refractivity contribution in [2.45, 2.75) is 51.2 Å². The fraction of sp³-hybridized carbons (Fsp3) is 0.818. The first-order valence-electron chi connectivity index (χ1n) is 4.99. The third-order valence-corrected chi connectivity index (χ3v) is 2.32. The highest BCUT2D eigenvalue weighted by Gasteiger charge is 2.45. The molecule has 0 aromatic rings. The molecule has 0 aliphatic carbocycles. The van der Waals surface area contributed by atoms with Gasteiger partial charge in [-0.25, -0.2) is 0 Å². The van der Waals surface area contributed by atoms with E-state index in [0.29, 0.717) is 6.61 Å². The number of epoxide rings is 1. The molecule has 74 valence electrons. The SMILES string of the molecule is CCCCCC#C[C@H](O)[C@]1(C)CO1. The number of aliphatic hydroxyl groups excluding tert-OH is 1. The van der Waals surface area contributed by atoms with Crippen molar-refractivity contribution in [1.82, 2.24) is 0 Å². The van der Waals surface area contributed by atoms with Crippen molar-refractivity contribution in [2.24, 2.45) is 0 Å². The zero-order valence-corrected chi connectivity index (χ0v) is 8.47. The first-order chi connectivity index (χ1) is 6.19. The summed E-state index contributed by atoms with van der Waals surface area (Å²) in [4.78, 5) is 0. The molecule has 0 aromatic carbocycles. The van der Waals surface area contributed by atoms with Gasteiger partial charge in [-0.15, -0.1) is 5.92 Å². The van der Waals surface area contributed by atoms with Crippen LogP contribution in [0.25, 0.3) is 0 Å². The fourth-order valence-corrected chi connectivity index (χ4v) is 1.06. The van der Waals surface area contributed by atoms with Crippen LogP contribution in [0.2, 0.25) is 0 Å². The van der Waals surface area contributed by atoms with Crippen LogP contribution in [-0.2, 0) is 4.74 Å². The molecular formula is C11H18O2. The largest absolute Gasteiger partial charge is 0.377 e. The molecule has 0 unspecified atom stereocenters. The van der Waals surface area contributed by atoms with Crippen LogP contribution in [0.4, 0.5) is 0 Å². The molecule has 1 aliphatic rings. The number of aliphatic hydroxyl groups is 1.